The molecule has 0 unspecified atom stereocenters. The Morgan fingerprint density at radius 1 is 0.444 bits per heavy atom. The molecule has 0 amide bonds. The van der Waals surface area contributed by atoms with Crippen LogP contribution >= 0.6 is 0 Å². The van der Waals surface area contributed by atoms with E-state index < -0.39 is 0 Å². The summed E-state index contributed by atoms with van der Waals surface area (Å²) >= 11 is 0. The van der Waals surface area contributed by atoms with Gasteiger partial charge in [0.15, 0.2) is 0 Å². The van der Waals surface area contributed by atoms with Crippen LogP contribution in [0, 0.1) is 6.92 Å². The van der Waals surface area contributed by atoms with E-state index in [0.29, 0.717) is 0 Å². The number of hydrogen-bond acceptors (Lipinski definition) is 1. The lowest BCUT2D eigenvalue weighted by Crippen LogP contribution is -2.15. The van der Waals surface area contributed by atoms with Gasteiger partial charge >= 0.3 is 0 Å². The van der Waals surface area contributed by atoms with Crippen molar-refractivity contribution in [1.82, 2.24) is 4.98 Å². The molecule has 0 spiro atoms. The molecule has 1 heteroatoms. The van der Waals surface area contributed by atoms with E-state index in [1.165, 1.54) is 93.9 Å². The van der Waals surface area contributed by atoms with E-state index in [-0.39, 0.29) is 10.8 Å². The van der Waals surface area contributed by atoms with Crippen molar-refractivity contribution in [1.29, 1.82) is 0 Å². The molecule has 0 aliphatic heterocycles. The SMILES string of the molecule is Cc1ccc2c(-c3ccc4c(c3)C(C)(C)c3ccccc3-4)c3cnccc3c(-c3ccc4c(c3)C(C)(C)c3ccccc3-4)c2c1. The van der Waals surface area contributed by atoms with Gasteiger partial charge in [-0.05, 0) is 108 Å². The fraction of sp³-hybridized carbons (Fsp3) is 0.159. The molecule has 6 aromatic carbocycles. The summed E-state index contributed by atoms with van der Waals surface area (Å²) in [6.45, 7) is 11.7. The number of fused-ring (bicyclic) bond motifs is 8. The van der Waals surface area contributed by atoms with Gasteiger partial charge in [-0.25, -0.2) is 0 Å². The van der Waals surface area contributed by atoms with Crippen molar-refractivity contribution in [3.63, 3.8) is 0 Å². The van der Waals surface area contributed by atoms with E-state index >= 15 is 0 Å². The van der Waals surface area contributed by atoms with Gasteiger partial charge in [-0.3, -0.25) is 4.98 Å². The Balaban J connectivity index is 1.32. The third kappa shape index (κ3) is 3.53. The lowest BCUT2D eigenvalue weighted by atomic mass is 9.79. The van der Waals surface area contributed by atoms with Crippen molar-refractivity contribution in [2.45, 2.75) is 45.4 Å². The first-order valence-corrected chi connectivity index (χ1v) is 16.0. The average molecular weight is 578 g/mol. The summed E-state index contributed by atoms with van der Waals surface area (Å²) in [7, 11) is 0. The zero-order valence-electron chi connectivity index (χ0n) is 26.5. The fourth-order valence-corrected chi connectivity index (χ4v) is 8.53. The number of rotatable bonds is 2. The maximum absolute atomic E-state index is 4.70. The normalized spacial score (nSPS) is 15.1. The van der Waals surface area contributed by atoms with Crippen LogP contribution in [-0.2, 0) is 10.8 Å². The second-order valence-electron chi connectivity index (χ2n) is 14.1. The molecule has 0 saturated heterocycles. The molecule has 0 bridgehead atoms. The van der Waals surface area contributed by atoms with E-state index in [4.69, 9.17) is 4.98 Å². The van der Waals surface area contributed by atoms with Gasteiger partial charge in [0.1, 0.15) is 0 Å². The van der Waals surface area contributed by atoms with Crippen LogP contribution in [0.4, 0.5) is 0 Å². The summed E-state index contributed by atoms with van der Waals surface area (Å²) in [4.78, 5) is 4.70. The second-order valence-corrected chi connectivity index (χ2v) is 14.1. The maximum Gasteiger partial charge on any atom is 0.0353 e. The summed E-state index contributed by atoms with van der Waals surface area (Å²) in [6, 6.07) is 41.2. The molecule has 216 valence electrons. The number of hydrogen-bond donors (Lipinski definition) is 0. The van der Waals surface area contributed by atoms with Gasteiger partial charge in [-0.15, -0.1) is 0 Å². The maximum atomic E-state index is 4.70. The van der Waals surface area contributed by atoms with Gasteiger partial charge in [-0.1, -0.05) is 124 Å². The minimum atomic E-state index is -0.0584. The Kier molecular flexibility index (Phi) is 5.29. The minimum Gasteiger partial charge on any atom is -0.264 e. The number of benzene rings is 6. The van der Waals surface area contributed by atoms with Gasteiger partial charge < -0.3 is 0 Å². The van der Waals surface area contributed by atoms with Crippen LogP contribution in [0.3, 0.4) is 0 Å². The van der Waals surface area contributed by atoms with E-state index in [2.05, 4.69) is 150 Å². The topological polar surface area (TPSA) is 12.9 Å². The molecule has 1 heterocycles. The van der Waals surface area contributed by atoms with Gasteiger partial charge in [0, 0.05) is 28.6 Å². The molecular formula is C44H35N. The highest BCUT2D eigenvalue weighted by atomic mass is 14.6. The summed E-state index contributed by atoms with van der Waals surface area (Å²) in [5.41, 5.74) is 17.2. The van der Waals surface area contributed by atoms with Crippen molar-refractivity contribution >= 4 is 21.5 Å². The largest absolute Gasteiger partial charge is 0.264 e. The monoisotopic (exact) mass is 577 g/mol. The fourth-order valence-electron chi connectivity index (χ4n) is 8.53. The minimum absolute atomic E-state index is 0.0558. The van der Waals surface area contributed by atoms with Gasteiger partial charge in [-0.2, -0.15) is 0 Å². The molecule has 9 rings (SSSR count). The van der Waals surface area contributed by atoms with E-state index in [1.54, 1.807) is 0 Å². The van der Waals surface area contributed by atoms with Crippen LogP contribution in [0.5, 0.6) is 0 Å². The first-order chi connectivity index (χ1) is 21.7. The Morgan fingerprint density at radius 2 is 0.956 bits per heavy atom. The molecule has 0 atom stereocenters. The van der Waals surface area contributed by atoms with Crippen LogP contribution in [-0.4, -0.2) is 4.98 Å². The molecule has 1 nitrogen and oxygen atoms in total. The van der Waals surface area contributed by atoms with Crippen LogP contribution in [0.25, 0.3) is 66.1 Å². The third-order valence-electron chi connectivity index (χ3n) is 10.8. The van der Waals surface area contributed by atoms with Gasteiger partial charge in [0.25, 0.3) is 0 Å². The highest BCUT2D eigenvalue weighted by Crippen LogP contribution is 2.53. The molecule has 2 aliphatic rings. The standard InChI is InChI=1S/C44H35N/c1-26-14-17-33-35(22-26)41(27-15-18-31-29-10-6-8-12-37(29)43(2,3)39(31)23-27)34-20-21-45-25-36(34)42(33)28-16-19-32-30-11-7-9-13-38(30)44(4,5)40(32)24-28/h6-25H,1-5H3. The Hall–Kier alpha value is -5.01. The first-order valence-electron chi connectivity index (χ1n) is 16.0. The highest BCUT2D eigenvalue weighted by molar-refractivity contribution is 6.21. The average Bonchev–Trinajstić information content (AvgIpc) is 3.43. The second kappa shape index (κ2) is 9.02. The molecule has 0 N–H and O–H groups in total. The first kappa shape index (κ1) is 26.4. The Labute approximate surface area is 265 Å². The van der Waals surface area contributed by atoms with Crippen LogP contribution in [0.2, 0.25) is 0 Å². The molecule has 45 heavy (non-hydrogen) atoms. The molecule has 0 fully saturated rings. The van der Waals surface area contributed by atoms with E-state index in [1.807, 2.05) is 6.20 Å². The molecular weight excluding hydrogens is 542 g/mol. The Morgan fingerprint density at radius 3 is 1.56 bits per heavy atom. The summed E-state index contributed by atoms with van der Waals surface area (Å²) in [6.07, 6.45) is 4.03. The van der Waals surface area contributed by atoms with Crippen molar-refractivity contribution in [2.75, 3.05) is 0 Å². The van der Waals surface area contributed by atoms with E-state index in [9.17, 15) is 0 Å². The van der Waals surface area contributed by atoms with Crippen LogP contribution in [0.1, 0.15) is 55.5 Å². The number of aryl methyl sites for hydroxylation is 1. The lowest BCUT2D eigenvalue weighted by molar-refractivity contribution is 0.660. The van der Waals surface area contributed by atoms with Gasteiger partial charge in [0.2, 0.25) is 0 Å². The zero-order chi connectivity index (χ0) is 30.7. The highest BCUT2D eigenvalue weighted by Gasteiger charge is 2.37. The summed E-state index contributed by atoms with van der Waals surface area (Å²) in [5.74, 6) is 0. The number of aromatic nitrogens is 1. The molecule has 0 radical (unpaired) electrons. The predicted molar refractivity (Wildman–Crippen MR) is 190 cm³/mol. The Bertz CT molecular complexity index is 2390. The number of nitrogens with zero attached hydrogens (tertiary/aromatic N) is 1. The number of pyridine rings is 1. The summed E-state index contributed by atoms with van der Waals surface area (Å²) in [5, 5.41) is 5.00. The summed E-state index contributed by atoms with van der Waals surface area (Å²) < 4.78 is 0. The molecule has 7 aromatic rings. The molecule has 0 saturated carbocycles. The van der Waals surface area contributed by atoms with Crippen molar-refractivity contribution in [2.24, 2.45) is 0 Å². The quantitative estimate of drug-likeness (QED) is 0.186. The van der Waals surface area contributed by atoms with Crippen molar-refractivity contribution in [3.8, 4) is 44.5 Å². The van der Waals surface area contributed by atoms with Crippen molar-refractivity contribution in [3.05, 3.63) is 149 Å². The van der Waals surface area contributed by atoms with Crippen LogP contribution < -0.4 is 0 Å². The molecule has 1 aromatic heterocycles. The van der Waals surface area contributed by atoms with Crippen molar-refractivity contribution < 1.29 is 0 Å². The predicted octanol–water partition coefficient (Wildman–Crippen LogP) is 11.6. The van der Waals surface area contributed by atoms with Gasteiger partial charge in [0.05, 0.1) is 0 Å². The van der Waals surface area contributed by atoms with Crippen LogP contribution in [0.15, 0.2) is 122 Å². The lowest BCUT2D eigenvalue weighted by Gasteiger charge is -2.24. The third-order valence-corrected chi connectivity index (χ3v) is 10.8. The zero-order valence-corrected chi connectivity index (χ0v) is 26.5. The van der Waals surface area contributed by atoms with E-state index in [0.717, 1.165) is 0 Å². The smallest absolute Gasteiger partial charge is 0.0353 e. The molecule has 2 aliphatic carbocycles.